The van der Waals surface area contributed by atoms with Crippen LogP contribution in [-0.2, 0) is 4.79 Å². The van der Waals surface area contributed by atoms with E-state index in [9.17, 15) is 4.79 Å². The molecule has 1 aliphatic carbocycles. The average molecular weight is 336 g/mol. The molecule has 5 unspecified atom stereocenters. The van der Waals surface area contributed by atoms with Gasteiger partial charge in [0.05, 0.1) is 0 Å². The summed E-state index contributed by atoms with van der Waals surface area (Å²) in [6.07, 6.45) is 15.9. The van der Waals surface area contributed by atoms with Gasteiger partial charge in [-0.3, -0.25) is 9.69 Å². The number of carbonyl (C=O) groups is 1. The second-order valence-corrected chi connectivity index (χ2v) is 8.52. The van der Waals surface area contributed by atoms with E-state index in [2.05, 4.69) is 25.8 Å². The van der Waals surface area contributed by atoms with Crippen LogP contribution in [0.3, 0.4) is 0 Å². The maximum Gasteiger partial charge on any atom is 0.134 e. The van der Waals surface area contributed by atoms with Crippen molar-refractivity contribution in [3.05, 3.63) is 0 Å². The maximum absolute atomic E-state index is 12.5. The molecule has 0 radical (unpaired) electrons. The van der Waals surface area contributed by atoms with Gasteiger partial charge in [-0.2, -0.15) is 0 Å². The van der Waals surface area contributed by atoms with Gasteiger partial charge in [0.15, 0.2) is 0 Å². The van der Waals surface area contributed by atoms with Gasteiger partial charge in [0.1, 0.15) is 5.78 Å². The Hall–Kier alpha value is -0.370. The Labute approximate surface area is 150 Å². The highest BCUT2D eigenvalue weighted by atomic mass is 16.1. The zero-order valence-electron chi connectivity index (χ0n) is 16.7. The van der Waals surface area contributed by atoms with Crippen molar-refractivity contribution in [2.75, 3.05) is 7.05 Å². The van der Waals surface area contributed by atoms with E-state index in [4.69, 9.17) is 0 Å². The van der Waals surface area contributed by atoms with Gasteiger partial charge in [-0.1, -0.05) is 71.6 Å². The lowest BCUT2D eigenvalue weighted by atomic mass is 9.75. The van der Waals surface area contributed by atoms with Gasteiger partial charge < -0.3 is 0 Å². The molecular weight excluding hydrogens is 294 g/mol. The lowest BCUT2D eigenvalue weighted by Crippen LogP contribution is -2.42. The van der Waals surface area contributed by atoms with Crippen molar-refractivity contribution >= 4 is 5.78 Å². The molecule has 0 amide bonds. The second-order valence-electron chi connectivity index (χ2n) is 8.52. The van der Waals surface area contributed by atoms with Crippen LogP contribution in [0.15, 0.2) is 0 Å². The van der Waals surface area contributed by atoms with Crippen molar-refractivity contribution in [1.82, 2.24) is 4.90 Å². The van der Waals surface area contributed by atoms with Gasteiger partial charge in [0.25, 0.3) is 0 Å². The Morgan fingerprint density at radius 1 is 1.04 bits per heavy atom. The molecule has 1 aliphatic heterocycles. The fourth-order valence-electron chi connectivity index (χ4n) is 5.79. The van der Waals surface area contributed by atoms with Gasteiger partial charge in [-0.25, -0.2) is 0 Å². The molecule has 2 heteroatoms. The van der Waals surface area contributed by atoms with Crippen LogP contribution < -0.4 is 0 Å². The molecule has 2 fully saturated rings. The number of hydrogen-bond donors (Lipinski definition) is 0. The van der Waals surface area contributed by atoms with Gasteiger partial charge in [-0.15, -0.1) is 0 Å². The third-order valence-corrected chi connectivity index (χ3v) is 7.04. The minimum Gasteiger partial charge on any atom is -0.300 e. The molecule has 0 spiro atoms. The van der Waals surface area contributed by atoms with Gasteiger partial charge >= 0.3 is 0 Å². The number of nitrogens with zero attached hydrogens (tertiary/aromatic N) is 1. The molecule has 2 aliphatic rings. The monoisotopic (exact) mass is 335 g/mol. The Balaban J connectivity index is 2.21. The molecule has 0 aromatic heterocycles. The van der Waals surface area contributed by atoms with Crippen molar-refractivity contribution in [3.8, 4) is 0 Å². The van der Waals surface area contributed by atoms with Crippen LogP contribution in [0.4, 0.5) is 0 Å². The Morgan fingerprint density at radius 3 is 2.25 bits per heavy atom. The van der Waals surface area contributed by atoms with Crippen molar-refractivity contribution < 1.29 is 4.79 Å². The second kappa shape index (κ2) is 9.94. The van der Waals surface area contributed by atoms with Gasteiger partial charge in [0.2, 0.25) is 0 Å². The van der Waals surface area contributed by atoms with Crippen LogP contribution in [0.2, 0.25) is 0 Å². The first-order valence-corrected chi connectivity index (χ1v) is 10.8. The molecule has 0 aromatic rings. The Bertz CT molecular complexity index is 380. The third kappa shape index (κ3) is 4.62. The van der Waals surface area contributed by atoms with Crippen LogP contribution in [0.1, 0.15) is 97.8 Å². The lowest BCUT2D eigenvalue weighted by molar-refractivity contribution is -0.123. The molecule has 1 saturated carbocycles. The lowest BCUT2D eigenvalue weighted by Gasteiger charge is -2.33. The first kappa shape index (κ1) is 19.9. The summed E-state index contributed by atoms with van der Waals surface area (Å²) >= 11 is 0. The van der Waals surface area contributed by atoms with E-state index in [1.807, 2.05) is 6.92 Å². The predicted molar refractivity (Wildman–Crippen MR) is 103 cm³/mol. The number of likely N-dealkylation sites (tertiary alicyclic amines) is 1. The highest BCUT2D eigenvalue weighted by Crippen LogP contribution is 2.45. The summed E-state index contributed by atoms with van der Waals surface area (Å²) < 4.78 is 0. The molecule has 140 valence electrons. The summed E-state index contributed by atoms with van der Waals surface area (Å²) in [6, 6.07) is 1.22. The van der Waals surface area contributed by atoms with E-state index < -0.39 is 0 Å². The highest BCUT2D eigenvalue weighted by Gasteiger charge is 2.48. The largest absolute Gasteiger partial charge is 0.300 e. The fraction of sp³-hybridized carbons (Fsp3) is 0.955. The number of carbonyl (C=O) groups excluding carboxylic acids is 1. The number of ketones is 1. The maximum atomic E-state index is 12.5. The summed E-state index contributed by atoms with van der Waals surface area (Å²) in [6.45, 7) is 6.45. The summed E-state index contributed by atoms with van der Waals surface area (Å²) in [5, 5.41) is 0. The molecule has 24 heavy (non-hydrogen) atoms. The van der Waals surface area contributed by atoms with E-state index in [0.717, 1.165) is 24.3 Å². The van der Waals surface area contributed by atoms with E-state index in [0.29, 0.717) is 11.8 Å². The molecule has 2 nitrogen and oxygen atoms in total. The van der Waals surface area contributed by atoms with Crippen LogP contribution in [0, 0.1) is 17.8 Å². The van der Waals surface area contributed by atoms with Crippen molar-refractivity contribution in [2.24, 2.45) is 17.8 Å². The Kier molecular flexibility index (Phi) is 8.27. The minimum atomic E-state index is 0.262. The van der Waals surface area contributed by atoms with Crippen LogP contribution in [0.5, 0.6) is 0 Å². The van der Waals surface area contributed by atoms with Crippen molar-refractivity contribution in [3.63, 3.8) is 0 Å². The van der Waals surface area contributed by atoms with E-state index in [1.54, 1.807) is 0 Å². The Morgan fingerprint density at radius 2 is 1.67 bits per heavy atom. The summed E-state index contributed by atoms with van der Waals surface area (Å²) in [5.74, 6) is 2.25. The van der Waals surface area contributed by atoms with Crippen LogP contribution in [0.25, 0.3) is 0 Å². The number of Topliss-reactive ketones (excluding diaryl/α,β-unsaturated/α-hetero) is 1. The molecule has 1 heterocycles. The molecule has 0 N–H and O–H groups in total. The first-order valence-electron chi connectivity index (χ1n) is 10.8. The molecule has 1 saturated heterocycles. The number of unbranched alkanes of at least 4 members (excludes halogenated alkanes) is 1. The topological polar surface area (TPSA) is 20.3 Å². The SMILES string of the molecule is CCCCC(C(C)=O)C1C(CC)C2CCCCCCCCC2N1C. The van der Waals surface area contributed by atoms with E-state index in [-0.39, 0.29) is 5.92 Å². The molecule has 0 bridgehead atoms. The predicted octanol–water partition coefficient (Wildman–Crippen LogP) is 5.84. The van der Waals surface area contributed by atoms with Gasteiger partial charge in [0, 0.05) is 18.0 Å². The molecule has 2 rings (SSSR count). The zero-order chi connectivity index (χ0) is 17.5. The number of rotatable bonds is 6. The molecular formula is C22H41NO. The van der Waals surface area contributed by atoms with Crippen LogP contribution >= 0.6 is 0 Å². The fourth-order valence-corrected chi connectivity index (χ4v) is 5.79. The van der Waals surface area contributed by atoms with Crippen LogP contribution in [-0.4, -0.2) is 29.8 Å². The minimum absolute atomic E-state index is 0.262. The average Bonchev–Trinajstić information content (AvgIpc) is 2.83. The van der Waals surface area contributed by atoms with E-state index in [1.165, 1.54) is 70.6 Å². The normalized spacial score (nSPS) is 33.8. The summed E-state index contributed by atoms with van der Waals surface area (Å²) in [5.41, 5.74) is 0. The van der Waals surface area contributed by atoms with E-state index >= 15 is 0 Å². The zero-order valence-corrected chi connectivity index (χ0v) is 16.7. The highest BCUT2D eigenvalue weighted by molar-refractivity contribution is 5.79. The molecule has 0 aromatic carbocycles. The first-order chi connectivity index (χ1) is 11.6. The quantitative estimate of drug-likeness (QED) is 0.607. The summed E-state index contributed by atoms with van der Waals surface area (Å²) in [7, 11) is 2.34. The van der Waals surface area contributed by atoms with Crippen molar-refractivity contribution in [2.45, 2.75) is 110 Å². The molecule has 5 atom stereocenters. The van der Waals surface area contributed by atoms with Crippen molar-refractivity contribution in [1.29, 1.82) is 0 Å². The number of fused-ring (bicyclic) bond motifs is 1. The third-order valence-electron chi connectivity index (χ3n) is 7.04. The van der Waals surface area contributed by atoms with Gasteiger partial charge in [-0.05, 0) is 45.1 Å². The smallest absolute Gasteiger partial charge is 0.134 e. The summed E-state index contributed by atoms with van der Waals surface area (Å²) in [4.78, 5) is 15.1. The number of hydrogen-bond acceptors (Lipinski definition) is 2. The standard InChI is InChI=1S/C22H41NO/c1-5-7-14-19(17(3)24)22-18(6-2)20-15-12-10-8-9-11-13-16-21(20)23(22)4/h18-22H,5-16H2,1-4H3.